The largest absolute Gasteiger partial charge is 0.465 e. The van der Waals surface area contributed by atoms with Crippen LogP contribution in [0.15, 0.2) is 27.2 Å². The van der Waals surface area contributed by atoms with Gasteiger partial charge in [-0.2, -0.15) is 0 Å². The molecule has 0 aliphatic rings. The highest BCUT2D eigenvalue weighted by molar-refractivity contribution is 9.12. The number of rotatable bonds is 2. The van der Waals surface area contributed by atoms with Crippen molar-refractivity contribution in [2.75, 3.05) is 12.8 Å². The van der Waals surface area contributed by atoms with Crippen LogP contribution in [0, 0.1) is 0 Å². The van der Waals surface area contributed by atoms with Gasteiger partial charge in [0.2, 0.25) is 0 Å². The molecule has 0 unspecified atom stereocenters. The van der Waals surface area contributed by atoms with Crippen LogP contribution in [0.2, 0.25) is 0 Å². The lowest BCUT2D eigenvalue weighted by Gasteiger charge is -2.02. The molecule has 0 bridgehead atoms. The molecule has 0 fully saturated rings. The van der Waals surface area contributed by atoms with Crippen molar-refractivity contribution in [1.82, 2.24) is 0 Å². The molecule has 0 saturated carbocycles. The highest BCUT2D eigenvalue weighted by atomic mass is 79.9. The summed E-state index contributed by atoms with van der Waals surface area (Å²) >= 11 is 6.48. The molecule has 0 amide bonds. The second-order valence-electron chi connectivity index (χ2n) is 2.76. The minimum absolute atomic E-state index is 0.344. The number of carbonyl (C=O) groups excluding carboxylic acids is 1. The molecule has 15 heavy (non-hydrogen) atoms. The standard InChI is InChI=1S/C10H9Br2NO2/c1-15-10(14)9(12)5-6-4-7(13)2-3-8(6)11/h2-5H,13H2,1H3/b9-5-. The molecule has 0 radical (unpaired) electrons. The lowest BCUT2D eigenvalue weighted by atomic mass is 10.2. The van der Waals surface area contributed by atoms with Gasteiger partial charge in [0.25, 0.3) is 0 Å². The predicted molar refractivity (Wildman–Crippen MR) is 67.5 cm³/mol. The number of methoxy groups -OCH3 is 1. The zero-order valence-corrected chi connectivity index (χ0v) is 11.1. The van der Waals surface area contributed by atoms with Crippen molar-refractivity contribution >= 4 is 49.6 Å². The summed E-state index contributed by atoms with van der Waals surface area (Å²) in [7, 11) is 1.33. The van der Waals surface area contributed by atoms with Crippen LogP contribution < -0.4 is 5.73 Å². The first-order valence-electron chi connectivity index (χ1n) is 4.05. The van der Waals surface area contributed by atoms with Crippen molar-refractivity contribution in [3.05, 3.63) is 32.7 Å². The molecular weight excluding hydrogens is 326 g/mol. The lowest BCUT2D eigenvalue weighted by Crippen LogP contribution is -1.99. The SMILES string of the molecule is COC(=O)/C(Br)=C/c1cc(N)ccc1Br. The second kappa shape index (κ2) is 5.32. The van der Waals surface area contributed by atoms with E-state index in [1.54, 1.807) is 18.2 Å². The van der Waals surface area contributed by atoms with Crippen molar-refractivity contribution < 1.29 is 9.53 Å². The molecule has 3 nitrogen and oxygen atoms in total. The predicted octanol–water partition coefficient (Wildman–Crippen LogP) is 2.94. The first kappa shape index (κ1) is 12.3. The Hall–Kier alpha value is -0.810. The molecule has 1 rings (SSSR count). The van der Waals surface area contributed by atoms with Gasteiger partial charge in [-0.05, 0) is 45.8 Å². The van der Waals surface area contributed by atoms with E-state index in [4.69, 9.17) is 5.73 Å². The fourth-order valence-electron chi connectivity index (χ4n) is 0.966. The first-order chi connectivity index (χ1) is 7.04. The quantitative estimate of drug-likeness (QED) is 0.514. The minimum atomic E-state index is -0.427. The van der Waals surface area contributed by atoms with Crippen molar-refractivity contribution in [2.24, 2.45) is 0 Å². The zero-order valence-electron chi connectivity index (χ0n) is 7.96. The Morgan fingerprint density at radius 3 is 2.80 bits per heavy atom. The highest BCUT2D eigenvalue weighted by Gasteiger charge is 2.06. The van der Waals surface area contributed by atoms with Crippen molar-refractivity contribution in [3.8, 4) is 0 Å². The molecule has 2 N–H and O–H groups in total. The summed E-state index contributed by atoms with van der Waals surface area (Å²) in [6, 6.07) is 5.35. The van der Waals surface area contributed by atoms with Crippen LogP contribution in [0.1, 0.15) is 5.56 Å². The number of anilines is 1. The molecular formula is C10H9Br2NO2. The van der Waals surface area contributed by atoms with Crippen LogP contribution >= 0.6 is 31.9 Å². The third kappa shape index (κ3) is 3.35. The smallest absolute Gasteiger partial charge is 0.344 e. The fourth-order valence-corrected chi connectivity index (χ4v) is 1.74. The van der Waals surface area contributed by atoms with Crippen molar-refractivity contribution in [1.29, 1.82) is 0 Å². The summed E-state index contributed by atoms with van der Waals surface area (Å²) in [5, 5.41) is 0. The molecule has 5 heteroatoms. The Balaban J connectivity index is 3.07. The number of halogens is 2. The molecule has 0 saturated heterocycles. The van der Waals surface area contributed by atoms with Crippen LogP contribution in [-0.4, -0.2) is 13.1 Å². The Morgan fingerprint density at radius 1 is 1.53 bits per heavy atom. The molecule has 0 aliphatic carbocycles. The van der Waals surface area contributed by atoms with E-state index < -0.39 is 5.97 Å². The zero-order chi connectivity index (χ0) is 11.4. The van der Waals surface area contributed by atoms with Gasteiger partial charge >= 0.3 is 5.97 Å². The van der Waals surface area contributed by atoms with Gasteiger partial charge in [0, 0.05) is 10.2 Å². The molecule has 1 aromatic carbocycles. The number of nitrogen functional groups attached to an aromatic ring is 1. The van der Waals surface area contributed by atoms with E-state index in [-0.39, 0.29) is 0 Å². The summed E-state index contributed by atoms with van der Waals surface area (Å²) in [5.41, 5.74) is 7.08. The summed E-state index contributed by atoms with van der Waals surface area (Å²) in [6.07, 6.45) is 1.65. The van der Waals surface area contributed by atoms with Gasteiger partial charge in [-0.3, -0.25) is 0 Å². The summed E-state index contributed by atoms with van der Waals surface area (Å²) in [6.45, 7) is 0. The Bertz CT molecular complexity index is 416. The van der Waals surface area contributed by atoms with E-state index in [1.165, 1.54) is 7.11 Å². The van der Waals surface area contributed by atoms with E-state index in [0.29, 0.717) is 10.2 Å². The molecule has 0 atom stereocenters. The Kier molecular flexibility index (Phi) is 4.35. The Morgan fingerprint density at radius 2 is 2.20 bits per heavy atom. The maximum Gasteiger partial charge on any atom is 0.344 e. The first-order valence-corrected chi connectivity index (χ1v) is 5.63. The van der Waals surface area contributed by atoms with Gasteiger partial charge in [0.15, 0.2) is 0 Å². The summed E-state index contributed by atoms with van der Waals surface area (Å²) in [4.78, 5) is 11.1. The molecule has 0 heterocycles. The average molecular weight is 335 g/mol. The number of hydrogen-bond donors (Lipinski definition) is 1. The monoisotopic (exact) mass is 333 g/mol. The van der Waals surface area contributed by atoms with Gasteiger partial charge in [-0.1, -0.05) is 15.9 Å². The van der Waals surface area contributed by atoms with Gasteiger partial charge in [0.05, 0.1) is 7.11 Å². The van der Waals surface area contributed by atoms with E-state index in [1.807, 2.05) is 6.07 Å². The van der Waals surface area contributed by atoms with Gasteiger partial charge < -0.3 is 10.5 Å². The van der Waals surface area contributed by atoms with Crippen LogP contribution in [0.3, 0.4) is 0 Å². The maximum atomic E-state index is 11.1. The van der Waals surface area contributed by atoms with E-state index in [2.05, 4.69) is 36.6 Å². The van der Waals surface area contributed by atoms with Crippen molar-refractivity contribution in [2.45, 2.75) is 0 Å². The molecule has 80 valence electrons. The third-order valence-corrected chi connectivity index (χ3v) is 2.96. The van der Waals surface area contributed by atoms with Crippen LogP contribution in [-0.2, 0) is 9.53 Å². The van der Waals surface area contributed by atoms with Crippen molar-refractivity contribution in [3.63, 3.8) is 0 Å². The van der Waals surface area contributed by atoms with Crippen LogP contribution in [0.5, 0.6) is 0 Å². The highest BCUT2D eigenvalue weighted by Crippen LogP contribution is 2.23. The fraction of sp³-hybridized carbons (Fsp3) is 0.100. The molecule has 0 aromatic heterocycles. The van der Waals surface area contributed by atoms with E-state index in [0.717, 1.165) is 10.0 Å². The molecule has 1 aromatic rings. The minimum Gasteiger partial charge on any atom is -0.465 e. The van der Waals surface area contributed by atoms with Crippen LogP contribution in [0.4, 0.5) is 5.69 Å². The van der Waals surface area contributed by atoms with Gasteiger partial charge in [0.1, 0.15) is 4.48 Å². The molecule has 0 aliphatic heterocycles. The second-order valence-corrected chi connectivity index (χ2v) is 4.47. The normalized spacial score (nSPS) is 11.3. The van der Waals surface area contributed by atoms with Crippen LogP contribution in [0.25, 0.3) is 6.08 Å². The number of carbonyl (C=O) groups is 1. The summed E-state index contributed by atoms with van der Waals surface area (Å²) < 4.78 is 5.76. The number of hydrogen-bond acceptors (Lipinski definition) is 3. The third-order valence-electron chi connectivity index (χ3n) is 1.68. The van der Waals surface area contributed by atoms with Gasteiger partial charge in [-0.25, -0.2) is 4.79 Å². The Labute approximate surface area is 105 Å². The number of esters is 1. The number of nitrogens with two attached hydrogens (primary N) is 1. The van der Waals surface area contributed by atoms with Gasteiger partial charge in [-0.15, -0.1) is 0 Å². The average Bonchev–Trinajstić information content (AvgIpc) is 2.22. The number of benzene rings is 1. The lowest BCUT2D eigenvalue weighted by molar-refractivity contribution is -0.135. The molecule has 0 spiro atoms. The number of ether oxygens (including phenoxy) is 1. The van der Waals surface area contributed by atoms with E-state index >= 15 is 0 Å². The topological polar surface area (TPSA) is 52.3 Å². The van der Waals surface area contributed by atoms with E-state index in [9.17, 15) is 4.79 Å². The maximum absolute atomic E-state index is 11.1. The summed E-state index contributed by atoms with van der Waals surface area (Å²) in [5.74, 6) is -0.427.